The molecule has 148 valence electrons. The van der Waals surface area contributed by atoms with Crippen LogP contribution in [0.3, 0.4) is 0 Å². The van der Waals surface area contributed by atoms with Gasteiger partial charge in [-0.15, -0.1) is 11.3 Å². The molecule has 2 aromatic heterocycles. The number of ether oxygens (including phenoxy) is 1. The number of hydrogen-bond acceptors (Lipinski definition) is 6. The van der Waals surface area contributed by atoms with Crippen LogP contribution in [0.1, 0.15) is 38.1 Å². The van der Waals surface area contributed by atoms with Gasteiger partial charge in [0.05, 0.1) is 5.69 Å². The van der Waals surface area contributed by atoms with Crippen molar-refractivity contribution in [2.75, 3.05) is 5.73 Å². The minimum absolute atomic E-state index is 0.0407. The van der Waals surface area contributed by atoms with Gasteiger partial charge in [0, 0.05) is 34.2 Å². The van der Waals surface area contributed by atoms with E-state index in [2.05, 4.69) is 35.7 Å². The number of nitrogen functional groups attached to an aromatic ring is 1. The summed E-state index contributed by atoms with van der Waals surface area (Å²) >= 11 is 1.46. The average Bonchev–Trinajstić information content (AvgIpc) is 3.09. The zero-order valence-corrected chi connectivity index (χ0v) is 16.3. The second-order valence-electron chi connectivity index (χ2n) is 7.20. The monoisotopic (exact) mass is 408 g/mol. The highest BCUT2D eigenvalue weighted by Crippen LogP contribution is 2.37. The van der Waals surface area contributed by atoms with Gasteiger partial charge in [-0.25, -0.2) is 9.97 Å². The molecule has 0 aliphatic carbocycles. The Kier molecular flexibility index (Phi) is 5.29. The summed E-state index contributed by atoms with van der Waals surface area (Å²) in [6, 6.07) is 7.22. The van der Waals surface area contributed by atoms with E-state index in [0.717, 1.165) is 16.3 Å². The minimum atomic E-state index is -4.62. The first-order valence-corrected chi connectivity index (χ1v) is 9.30. The van der Waals surface area contributed by atoms with Crippen LogP contribution in [-0.4, -0.2) is 21.1 Å². The molecule has 0 bridgehead atoms. The molecule has 28 heavy (non-hydrogen) atoms. The molecule has 9 heteroatoms. The number of nitrogens with two attached hydrogens (primary N) is 1. The van der Waals surface area contributed by atoms with Crippen molar-refractivity contribution in [3.05, 3.63) is 53.2 Å². The van der Waals surface area contributed by atoms with Crippen molar-refractivity contribution in [3.8, 4) is 16.5 Å². The van der Waals surface area contributed by atoms with Gasteiger partial charge in [0.1, 0.15) is 5.01 Å². The van der Waals surface area contributed by atoms with Crippen LogP contribution >= 0.6 is 11.3 Å². The molecule has 0 spiro atoms. The van der Waals surface area contributed by atoms with Gasteiger partial charge in [0.2, 0.25) is 17.9 Å². The molecular formula is C19H19F3N4OS. The normalized spacial score (nSPS) is 13.4. The number of anilines is 1. The predicted octanol–water partition coefficient (Wildman–Crippen LogP) is 5.16. The molecule has 1 unspecified atom stereocenters. The molecule has 2 N–H and O–H groups in total. The summed E-state index contributed by atoms with van der Waals surface area (Å²) in [5, 5.41) is 2.72. The minimum Gasteiger partial charge on any atom is -0.460 e. The number of alkyl halides is 3. The van der Waals surface area contributed by atoms with Gasteiger partial charge in [-0.1, -0.05) is 45.0 Å². The Morgan fingerprint density at radius 3 is 2.25 bits per heavy atom. The molecule has 2 heterocycles. The number of nitrogens with zero attached hydrogens (tertiary/aromatic N) is 3. The summed E-state index contributed by atoms with van der Waals surface area (Å²) in [4.78, 5) is 11.9. The van der Waals surface area contributed by atoms with Crippen LogP contribution in [0.5, 0.6) is 5.88 Å². The van der Waals surface area contributed by atoms with Gasteiger partial charge in [0.15, 0.2) is 0 Å². The topological polar surface area (TPSA) is 73.9 Å². The lowest BCUT2D eigenvalue weighted by molar-refractivity contribution is -0.198. The van der Waals surface area contributed by atoms with Crippen LogP contribution in [0, 0.1) is 0 Å². The average molecular weight is 408 g/mol. The second kappa shape index (κ2) is 7.38. The fourth-order valence-corrected chi connectivity index (χ4v) is 3.47. The molecule has 0 aliphatic heterocycles. The zero-order valence-electron chi connectivity index (χ0n) is 15.5. The molecule has 0 saturated carbocycles. The van der Waals surface area contributed by atoms with Crippen molar-refractivity contribution < 1.29 is 17.9 Å². The van der Waals surface area contributed by atoms with Crippen molar-refractivity contribution in [1.82, 2.24) is 15.0 Å². The van der Waals surface area contributed by atoms with E-state index in [1.807, 2.05) is 5.38 Å². The highest BCUT2D eigenvalue weighted by Gasteiger charge is 2.43. The molecule has 0 amide bonds. The Hall–Kier alpha value is -2.68. The fraction of sp³-hybridized carbons (Fsp3) is 0.316. The van der Waals surface area contributed by atoms with E-state index >= 15 is 0 Å². The molecule has 0 fully saturated rings. The van der Waals surface area contributed by atoms with Crippen molar-refractivity contribution in [3.63, 3.8) is 0 Å². The Morgan fingerprint density at radius 1 is 1.04 bits per heavy atom. The Labute approximate surface area is 164 Å². The SMILES string of the molecule is CC(C)(C)c1csc(-c2ccc(C(Oc3ccnc(N)n3)C(F)(F)F)cc2)n1. The zero-order chi connectivity index (χ0) is 20.5. The second-order valence-corrected chi connectivity index (χ2v) is 8.06. The van der Waals surface area contributed by atoms with Gasteiger partial charge >= 0.3 is 6.18 Å². The lowest BCUT2D eigenvalue weighted by Crippen LogP contribution is -2.26. The molecule has 0 aliphatic rings. The summed E-state index contributed by atoms with van der Waals surface area (Å²) in [6.07, 6.45) is -5.55. The molecule has 0 radical (unpaired) electrons. The standard InChI is InChI=1S/C19H19F3N4OS/c1-18(2,3)13-10-28-16(25-13)12-6-4-11(5-7-12)15(19(20,21)22)27-14-8-9-24-17(23)26-14/h4-10,15H,1-3H3,(H2,23,24,26). The van der Waals surface area contributed by atoms with Crippen molar-refractivity contribution in [2.45, 2.75) is 38.5 Å². The van der Waals surface area contributed by atoms with E-state index in [1.54, 1.807) is 12.1 Å². The van der Waals surface area contributed by atoms with Crippen LogP contribution in [-0.2, 0) is 5.41 Å². The summed E-state index contributed by atoms with van der Waals surface area (Å²) in [6.45, 7) is 6.17. The Balaban J connectivity index is 1.87. The largest absolute Gasteiger partial charge is 0.460 e. The first-order valence-electron chi connectivity index (χ1n) is 8.42. The number of halogens is 3. The van der Waals surface area contributed by atoms with Gasteiger partial charge in [0.25, 0.3) is 0 Å². The van der Waals surface area contributed by atoms with Crippen LogP contribution < -0.4 is 10.5 Å². The third-order valence-electron chi connectivity index (χ3n) is 3.92. The smallest absolute Gasteiger partial charge is 0.429 e. The first-order chi connectivity index (χ1) is 13.0. The molecule has 3 aromatic rings. The summed E-state index contributed by atoms with van der Waals surface area (Å²) in [5.41, 5.74) is 6.96. The maximum Gasteiger partial charge on any atom is 0.429 e. The van der Waals surface area contributed by atoms with E-state index in [4.69, 9.17) is 10.5 Å². The van der Waals surface area contributed by atoms with Gasteiger partial charge < -0.3 is 10.5 Å². The fourth-order valence-electron chi connectivity index (χ4n) is 2.42. The van der Waals surface area contributed by atoms with Crippen LogP contribution in [0.4, 0.5) is 19.1 Å². The lowest BCUT2D eigenvalue weighted by Gasteiger charge is -2.21. The van der Waals surface area contributed by atoms with Crippen LogP contribution in [0.2, 0.25) is 0 Å². The lowest BCUT2D eigenvalue weighted by atomic mass is 9.93. The van der Waals surface area contributed by atoms with Crippen LogP contribution in [0.25, 0.3) is 10.6 Å². The highest BCUT2D eigenvalue weighted by atomic mass is 32.1. The summed E-state index contributed by atoms with van der Waals surface area (Å²) < 4.78 is 45.7. The Bertz CT molecular complexity index is 949. The Morgan fingerprint density at radius 2 is 1.71 bits per heavy atom. The molecule has 3 rings (SSSR count). The number of benzene rings is 1. The van der Waals surface area contributed by atoms with E-state index in [-0.39, 0.29) is 22.8 Å². The van der Waals surface area contributed by atoms with Crippen molar-refractivity contribution in [1.29, 1.82) is 0 Å². The maximum atomic E-state index is 13.5. The maximum absolute atomic E-state index is 13.5. The highest BCUT2D eigenvalue weighted by molar-refractivity contribution is 7.13. The summed E-state index contributed by atoms with van der Waals surface area (Å²) in [7, 11) is 0. The number of thiazole rings is 1. The molecule has 1 atom stereocenters. The van der Waals surface area contributed by atoms with E-state index < -0.39 is 12.3 Å². The van der Waals surface area contributed by atoms with Crippen LogP contribution in [0.15, 0.2) is 41.9 Å². The summed E-state index contributed by atoms with van der Waals surface area (Å²) in [5.74, 6) is -0.402. The number of rotatable bonds is 4. The number of aromatic nitrogens is 3. The van der Waals surface area contributed by atoms with E-state index in [0.29, 0.717) is 0 Å². The molecule has 0 saturated heterocycles. The number of hydrogen-bond donors (Lipinski definition) is 1. The van der Waals surface area contributed by atoms with Crippen molar-refractivity contribution >= 4 is 17.3 Å². The van der Waals surface area contributed by atoms with Crippen molar-refractivity contribution in [2.24, 2.45) is 0 Å². The third-order valence-corrected chi connectivity index (χ3v) is 4.81. The van der Waals surface area contributed by atoms with Gasteiger partial charge in [-0.2, -0.15) is 18.2 Å². The third kappa shape index (κ3) is 4.59. The van der Waals surface area contributed by atoms with E-state index in [1.165, 1.54) is 35.7 Å². The predicted molar refractivity (Wildman–Crippen MR) is 102 cm³/mol. The van der Waals surface area contributed by atoms with E-state index in [9.17, 15) is 13.2 Å². The first kappa shape index (κ1) is 20.1. The molecule has 5 nitrogen and oxygen atoms in total. The quantitative estimate of drug-likeness (QED) is 0.645. The molecule has 1 aromatic carbocycles. The molecular weight excluding hydrogens is 389 g/mol. The van der Waals surface area contributed by atoms with Gasteiger partial charge in [-0.3, -0.25) is 0 Å². The van der Waals surface area contributed by atoms with Gasteiger partial charge in [-0.05, 0) is 0 Å².